The average Bonchev–Trinajstić information content (AvgIpc) is 2.89. The first-order chi connectivity index (χ1) is 10.3. The van der Waals surface area contributed by atoms with Gasteiger partial charge in [0.05, 0.1) is 6.42 Å². The fourth-order valence-corrected chi connectivity index (χ4v) is 3.40. The van der Waals surface area contributed by atoms with Gasteiger partial charge in [0.2, 0.25) is 5.69 Å². The molecule has 0 radical (unpaired) electrons. The van der Waals surface area contributed by atoms with Crippen LogP contribution >= 0.6 is 0 Å². The second-order valence-electron chi connectivity index (χ2n) is 5.79. The molecule has 1 heterocycles. The van der Waals surface area contributed by atoms with Crippen molar-refractivity contribution in [3.8, 4) is 22.4 Å². The lowest BCUT2D eigenvalue weighted by atomic mass is 10.0. The molecule has 0 N–H and O–H groups in total. The van der Waals surface area contributed by atoms with Crippen LogP contribution in [0.3, 0.4) is 0 Å². The van der Waals surface area contributed by atoms with Gasteiger partial charge in [-0.3, -0.25) is 0 Å². The quantitative estimate of drug-likeness (QED) is 0.460. The van der Waals surface area contributed by atoms with E-state index in [0.717, 1.165) is 6.42 Å². The first-order valence-corrected chi connectivity index (χ1v) is 7.42. The lowest BCUT2D eigenvalue weighted by Gasteiger charge is -2.07. The number of aromatic nitrogens is 1. The highest BCUT2D eigenvalue weighted by molar-refractivity contribution is 5.75. The van der Waals surface area contributed by atoms with Gasteiger partial charge in [0.15, 0.2) is 5.69 Å². The molecular weight excluding hydrogens is 254 g/mol. The Kier molecular flexibility index (Phi) is 2.68. The highest BCUT2D eigenvalue weighted by Crippen LogP contribution is 2.35. The van der Waals surface area contributed by atoms with Crippen molar-refractivity contribution in [1.82, 2.24) is 0 Å². The molecule has 1 aromatic heterocycles. The van der Waals surface area contributed by atoms with E-state index in [1.165, 1.54) is 39.2 Å². The highest BCUT2D eigenvalue weighted by Gasteiger charge is 2.27. The van der Waals surface area contributed by atoms with Crippen LogP contribution in [-0.2, 0) is 13.5 Å². The van der Waals surface area contributed by atoms with Crippen LogP contribution in [0.1, 0.15) is 16.8 Å². The topological polar surface area (TPSA) is 3.88 Å². The van der Waals surface area contributed by atoms with Crippen molar-refractivity contribution >= 4 is 0 Å². The Morgan fingerprint density at radius 2 is 1.48 bits per heavy atom. The van der Waals surface area contributed by atoms with E-state index in [-0.39, 0.29) is 0 Å². The van der Waals surface area contributed by atoms with Crippen molar-refractivity contribution in [3.05, 3.63) is 77.5 Å². The summed E-state index contributed by atoms with van der Waals surface area (Å²) >= 11 is 0. The van der Waals surface area contributed by atoms with Gasteiger partial charge in [-0.05, 0) is 35.7 Å². The van der Waals surface area contributed by atoms with Gasteiger partial charge in [0.25, 0.3) is 0 Å². The summed E-state index contributed by atoms with van der Waals surface area (Å²) in [4.78, 5) is 0. The van der Waals surface area contributed by atoms with Crippen LogP contribution in [0.5, 0.6) is 0 Å². The zero-order valence-corrected chi connectivity index (χ0v) is 12.4. The fourth-order valence-electron chi connectivity index (χ4n) is 3.40. The minimum absolute atomic E-state index is 1.03. The number of fused-ring (bicyclic) bond motifs is 3. The zero-order valence-electron chi connectivity index (χ0n) is 12.4. The SMILES string of the molecule is Cc1ccccc1-c1ccc2c([n+]1C)Cc1ccccc1-2. The normalized spacial score (nSPS) is 12.1. The van der Waals surface area contributed by atoms with E-state index in [2.05, 4.69) is 79.2 Å². The molecule has 0 saturated heterocycles. The van der Waals surface area contributed by atoms with Crippen LogP contribution in [0.15, 0.2) is 60.7 Å². The molecule has 0 saturated carbocycles. The van der Waals surface area contributed by atoms with E-state index in [0.29, 0.717) is 0 Å². The van der Waals surface area contributed by atoms with Crippen LogP contribution in [0.4, 0.5) is 0 Å². The fraction of sp³-hybridized carbons (Fsp3) is 0.150. The van der Waals surface area contributed by atoms with E-state index < -0.39 is 0 Å². The monoisotopic (exact) mass is 272 g/mol. The van der Waals surface area contributed by atoms with E-state index >= 15 is 0 Å². The molecule has 4 rings (SSSR count). The van der Waals surface area contributed by atoms with Crippen molar-refractivity contribution in [2.45, 2.75) is 13.3 Å². The van der Waals surface area contributed by atoms with Gasteiger partial charge in [0.1, 0.15) is 7.05 Å². The van der Waals surface area contributed by atoms with E-state index in [1.807, 2.05) is 0 Å². The zero-order chi connectivity index (χ0) is 14.4. The molecule has 0 spiro atoms. The van der Waals surface area contributed by atoms with E-state index in [9.17, 15) is 0 Å². The molecule has 0 aliphatic heterocycles. The van der Waals surface area contributed by atoms with Crippen molar-refractivity contribution in [2.24, 2.45) is 7.05 Å². The number of hydrogen-bond acceptors (Lipinski definition) is 0. The largest absolute Gasteiger partial charge is 0.212 e. The smallest absolute Gasteiger partial charge is 0.197 e. The van der Waals surface area contributed by atoms with Crippen molar-refractivity contribution in [2.75, 3.05) is 0 Å². The van der Waals surface area contributed by atoms with Crippen molar-refractivity contribution in [3.63, 3.8) is 0 Å². The summed E-state index contributed by atoms with van der Waals surface area (Å²) in [7, 11) is 2.19. The molecule has 0 fully saturated rings. The van der Waals surface area contributed by atoms with E-state index in [4.69, 9.17) is 0 Å². The predicted octanol–water partition coefficient (Wildman–Crippen LogP) is 4.06. The minimum atomic E-state index is 1.03. The van der Waals surface area contributed by atoms with Gasteiger partial charge < -0.3 is 0 Å². The summed E-state index contributed by atoms with van der Waals surface area (Å²) in [5, 5.41) is 0. The third-order valence-corrected chi connectivity index (χ3v) is 4.57. The number of pyridine rings is 1. The van der Waals surface area contributed by atoms with Crippen molar-refractivity contribution < 1.29 is 4.57 Å². The lowest BCUT2D eigenvalue weighted by molar-refractivity contribution is -0.666. The van der Waals surface area contributed by atoms with Crippen LogP contribution < -0.4 is 4.57 Å². The maximum absolute atomic E-state index is 2.36. The molecule has 1 heteroatoms. The molecule has 2 aromatic carbocycles. The lowest BCUT2D eigenvalue weighted by Crippen LogP contribution is -2.36. The molecule has 0 amide bonds. The number of hydrogen-bond donors (Lipinski definition) is 0. The summed E-state index contributed by atoms with van der Waals surface area (Å²) in [6, 6.07) is 21.9. The first-order valence-electron chi connectivity index (χ1n) is 7.42. The molecule has 1 aliphatic carbocycles. The Bertz CT molecular complexity index is 846. The molecule has 0 bridgehead atoms. The van der Waals surface area contributed by atoms with Gasteiger partial charge in [-0.25, -0.2) is 0 Å². The van der Waals surface area contributed by atoms with Gasteiger partial charge in [-0.15, -0.1) is 0 Å². The van der Waals surface area contributed by atoms with Gasteiger partial charge >= 0.3 is 0 Å². The summed E-state index contributed by atoms with van der Waals surface area (Å²) < 4.78 is 2.36. The number of rotatable bonds is 1. The Morgan fingerprint density at radius 3 is 2.29 bits per heavy atom. The first kappa shape index (κ1) is 12.3. The Morgan fingerprint density at radius 1 is 0.762 bits per heavy atom. The number of aryl methyl sites for hydroxylation is 1. The molecule has 3 aromatic rings. The standard InChI is InChI=1S/C20H18N/c1-14-7-3-5-9-16(14)19-12-11-18-17-10-6-4-8-15(17)13-20(18)21(19)2/h3-12H,13H2,1-2H3/q+1. The predicted molar refractivity (Wildman–Crippen MR) is 86.0 cm³/mol. The second kappa shape index (κ2) is 4.56. The summed E-state index contributed by atoms with van der Waals surface area (Å²) in [6.45, 7) is 2.18. The third-order valence-electron chi connectivity index (χ3n) is 4.57. The van der Waals surface area contributed by atoms with E-state index in [1.54, 1.807) is 0 Å². The molecule has 1 aliphatic rings. The maximum Gasteiger partial charge on any atom is 0.212 e. The Balaban J connectivity index is 1.93. The maximum atomic E-state index is 2.36. The molecule has 0 unspecified atom stereocenters. The average molecular weight is 272 g/mol. The Hall–Kier alpha value is -2.41. The minimum Gasteiger partial charge on any atom is -0.197 e. The summed E-state index contributed by atoms with van der Waals surface area (Å²) in [5.41, 5.74) is 9.55. The van der Waals surface area contributed by atoms with Crippen LogP contribution in [-0.4, -0.2) is 0 Å². The third kappa shape index (κ3) is 1.81. The molecule has 102 valence electrons. The molecule has 1 nitrogen and oxygen atoms in total. The Labute approximate surface area is 125 Å². The van der Waals surface area contributed by atoms with Gasteiger partial charge in [-0.1, -0.05) is 42.5 Å². The highest BCUT2D eigenvalue weighted by atomic mass is 15.0. The van der Waals surface area contributed by atoms with Crippen LogP contribution in [0, 0.1) is 6.92 Å². The van der Waals surface area contributed by atoms with Crippen LogP contribution in [0.25, 0.3) is 22.4 Å². The number of nitrogens with zero attached hydrogens (tertiary/aromatic N) is 1. The molecular formula is C20H18N+. The summed E-state index contributed by atoms with van der Waals surface area (Å²) in [6.07, 6.45) is 1.03. The second-order valence-corrected chi connectivity index (χ2v) is 5.79. The van der Waals surface area contributed by atoms with Crippen LogP contribution in [0.2, 0.25) is 0 Å². The van der Waals surface area contributed by atoms with Gasteiger partial charge in [0, 0.05) is 17.2 Å². The van der Waals surface area contributed by atoms with Gasteiger partial charge in [-0.2, -0.15) is 4.57 Å². The molecule has 21 heavy (non-hydrogen) atoms. The molecule has 0 atom stereocenters. The number of benzene rings is 2. The van der Waals surface area contributed by atoms with Crippen molar-refractivity contribution in [1.29, 1.82) is 0 Å². The summed E-state index contributed by atoms with van der Waals surface area (Å²) in [5.74, 6) is 0.